The van der Waals surface area contributed by atoms with Crippen LogP contribution in [-0.4, -0.2) is 19.2 Å². The molecule has 0 fully saturated rings. The van der Waals surface area contributed by atoms with Crippen molar-refractivity contribution >= 4 is 12.0 Å². The summed E-state index contributed by atoms with van der Waals surface area (Å²) in [6.45, 7) is 4.65. The number of carbonyl (C=O) groups is 1. The van der Waals surface area contributed by atoms with Gasteiger partial charge >= 0.3 is 5.97 Å². The van der Waals surface area contributed by atoms with Crippen LogP contribution in [0.5, 0.6) is 5.75 Å². The lowest BCUT2D eigenvalue weighted by Gasteiger charge is -2.08. The monoisotopic (exact) mass is 273 g/mol. The quantitative estimate of drug-likeness (QED) is 0.331. The van der Waals surface area contributed by atoms with E-state index in [0.717, 1.165) is 12.8 Å². The molecule has 0 spiro atoms. The van der Waals surface area contributed by atoms with Crippen LogP contribution in [0.4, 0.5) is 0 Å². The first kappa shape index (κ1) is 15.8. The van der Waals surface area contributed by atoms with Crippen molar-refractivity contribution in [1.29, 1.82) is 5.26 Å². The second-order valence-electron chi connectivity index (χ2n) is 4.13. The van der Waals surface area contributed by atoms with Gasteiger partial charge in [0.1, 0.15) is 17.4 Å². The second-order valence-corrected chi connectivity index (χ2v) is 4.13. The lowest BCUT2D eigenvalue weighted by atomic mass is 10.1. The molecular formula is C16H19NO3. The minimum Gasteiger partial charge on any atom is -0.493 e. The number of hydrogen-bond acceptors (Lipinski definition) is 4. The van der Waals surface area contributed by atoms with Gasteiger partial charge in [-0.3, -0.25) is 0 Å². The van der Waals surface area contributed by atoms with Gasteiger partial charge in [0.2, 0.25) is 0 Å². The predicted octanol–water partition coefficient (Wildman–Crippen LogP) is 3.34. The highest BCUT2D eigenvalue weighted by Crippen LogP contribution is 2.21. The maximum atomic E-state index is 11.6. The van der Waals surface area contributed by atoms with E-state index in [2.05, 4.69) is 6.92 Å². The molecule has 1 aromatic rings. The molecule has 0 unspecified atom stereocenters. The number of esters is 1. The van der Waals surface area contributed by atoms with Crippen LogP contribution in [-0.2, 0) is 9.53 Å². The van der Waals surface area contributed by atoms with Gasteiger partial charge in [-0.05, 0) is 25.5 Å². The van der Waals surface area contributed by atoms with E-state index in [0.29, 0.717) is 17.9 Å². The van der Waals surface area contributed by atoms with E-state index in [-0.39, 0.29) is 12.2 Å². The maximum Gasteiger partial charge on any atom is 0.348 e. The number of hydrogen-bond donors (Lipinski definition) is 0. The molecular weight excluding hydrogens is 254 g/mol. The van der Waals surface area contributed by atoms with Gasteiger partial charge in [-0.1, -0.05) is 31.5 Å². The van der Waals surface area contributed by atoms with Crippen LogP contribution in [0.15, 0.2) is 29.8 Å². The maximum absolute atomic E-state index is 11.6. The highest BCUT2D eigenvalue weighted by atomic mass is 16.5. The first-order valence-corrected chi connectivity index (χ1v) is 6.73. The van der Waals surface area contributed by atoms with Crippen LogP contribution in [0.2, 0.25) is 0 Å². The summed E-state index contributed by atoms with van der Waals surface area (Å²) < 4.78 is 10.5. The number of ether oxygens (including phenoxy) is 2. The minimum absolute atomic E-state index is 0.0293. The Labute approximate surface area is 119 Å². The summed E-state index contributed by atoms with van der Waals surface area (Å²) in [5.41, 5.74) is 0.673. The highest BCUT2D eigenvalue weighted by molar-refractivity contribution is 5.98. The Kier molecular flexibility index (Phi) is 6.91. The average molecular weight is 273 g/mol. The fourth-order valence-corrected chi connectivity index (χ4v) is 1.56. The van der Waals surface area contributed by atoms with E-state index in [4.69, 9.17) is 14.7 Å². The molecule has 106 valence electrons. The molecule has 1 aromatic carbocycles. The van der Waals surface area contributed by atoms with Crippen molar-refractivity contribution in [2.75, 3.05) is 13.2 Å². The van der Waals surface area contributed by atoms with Crippen molar-refractivity contribution < 1.29 is 14.3 Å². The molecule has 0 aliphatic carbocycles. The standard InChI is InChI=1S/C16H19NO3/c1-3-5-10-20-15-9-7-6-8-13(15)11-14(12-17)16(18)19-4-2/h6-9,11H,3-5,10H2,1-2H3. The number of benzene rings is 1. The van der Waals surface area contributed by atoms with Crippen LogP contribution in [0.1, 0.15) is 32.3 Å². The highest BCUT2D eigenvalue weighted by Gasteiger charge is 2.11. The van der Waals surface area contributed by atoms with Gasteiger partial charge in [-0.15, -0.1) is 0 Å². The first-order chi connectivity index (χ1) is 9.72. The van der Waals surface area contributed by atoms with Crippen LogP contribution < -0.4 is 4.74 Å². The van der Waals surface area contributed by atoms with Crippen LogP contribution in [0, 0.1) is 11.3 Å². The Balaban J connectivity index is 2.94. The third-order valence-corrected chi connectivity index (χ3v) is 2.59. The molecule has 0 N–H and O–H groups in total. The van der Waals surface area contributed by atoms with Gasteiger partial charge < -0.3 is 9.47 Å². The number of nitriles is 1. The Morgan fingerprint density at radius 1 is 1.35 bits per heavy atom. The smallest absolute Gasteiger partial charge is 0.348 e. The largest absolute Gasteiger partial charge is 0.493 e. The lowest BCUT2D eigenvalue weighted by Crippen LogP contribution is -2.06. The van der Waals surface area contributed by atoms with Gasteiger partial charge in [-0.2, -0.15) is 5.26 Å². The molecule has 4 nitrogen and oxygen atoms in total. The Morgan fingerprint density at radius 2 is 2.10 bits per heavy atom. The molecule has 0 radical (unpaired) electrons. The topological polar surface area (TPSA) is 59.3 Å². The lowest BCUT2D eigenvalue weighted by molar-refractivity contribution is -0.137. The second kappa shape index (κ2) is 8.76. The Hall–Kier alpha value is -2.28. The Bertz CT molecular complexity index is 515. The fraction of sp³-hybridized carbons (Fsp3) is 0.375. The third kappa shape index (κ3) is 4.77. The van der Waals surface area contributed by atoms with Gasteiger partial charge in [0.05, 0.1) is 13.2 Å². The zero-order valence-corrected chi connectivity index (χ0v) is 11.9. The summed E-state index contributed by atoms with van der Waals surface area (Å²) in [5, 5.41) is 9.03. The number of unbranched alkanes of at least 4 members (excludes halogenated alkanes) is 1. The normalized spacial score (nSPS) is 10.8. The summed E-state index contributed by atoms with van der Waals surface area (Å²) in [4.78, 5) is 11.6. The molecule has 4 heteroatoms. The minimum atomic E-state index is -0.613. The number of rotatable bonds is 7. The molecule has 0 bridgehead atoms. The van der Waals surface area contributed by atoms with Crippen LogP contribution in [0.25, 0.3) is 6.08 Å². The summed E-state index contributed by atoms with van der Waals surface area (Å²) in [6, 6.07) is 9.17. The first-order valence-electron chi connectivity index (χ1n) is 6.73. The third-order valence-electron chi connectivity index (χ3n) is 2.59. The van der Waals surface area contributed by atoms with Crippen molar-refractivity contribution in [3.63, 3.8) is 0 Å². The summed E-state index contributed by atoms with van der Waals surface area (Å²) in [6.07, 6.45) is 3.50. The van der Waals surface area contributed by atoms with Crippen molar-refractivity contribution in [3.8, 4) is 11.8 Å². The SMILES string of the molecule is CCCCOc1ccccc1C=C(C#N)C(=O)OCC. The number of carbonyl (C=O) groups excluding carboxylic acids is 1. The van der Waals surface area contributed by atoms with Crippen molar-refractivity contribution in [3.05, 3.63) is 35.4 Å². The summed E-state index contributed by atoms with van der Waals surface area (Å²) in [5.74, 6) is 0.0522. The average Bonchev–Trinajstić information content (AvgIpc) is 2.46. The van der Waals surface area contributed by atoms with Gasteiger partial charge in [0, 0.05) is 5.56 Å². The van der Waals surface area contributed by atoms with E-state index in [1.165, 1.54) is 6.08 Å². The van der Waals surface area contributed by atoms with Crippen LogP contribution >= 0.6 is 0 Å². The molecule has 0 aromatic heterocycles. The summed E-state index contributed by atoms with van der Waals surface area (Å²) in [7, 11) is 0. The molecule has 0 amide bonds. The van der Waals surface area contributed by atoms with Crippen LogP contribution in [0.3, 0.4) is 0 Å². The molecule has 0 aliphatic heterocycles. The Morgan fingerprint density at radius 3 is 2.75 bits per heavy atom. The van der Waals surface area contributed by atoms with Gasteiger partial charge in [-0.25, -0.2) is 4.79 Å². The molecule has 0 saturated carbocycles. The number of para-hydroxylation sites is 1. The molecule has 0 atom stereocenters. The zero-order valence-electron chi connectivity index (χ0n) is 11.9. The molecule has 0 saturated heterocycles. The van der Waals surface area contributed by atoms with E-state index in [1.54, 1.807) is 13.0 Å². The van der Waals surface area contributed by atoms with Gasteiger partial charge in [0.25, 0.3) is 0 Å². The fourth-order valence-electron chi connectivity index (χ4n) is 1.56. The molecule has 0 aliphatic rings. The van der Waals surface area contributed by atoms with Crippen molar-refractivity contribution in [2.45, 2.75) is 26.7 Å². The summed E-state index contributed by atoms with van der Waals surface area (Å²) >= 11 is 0. The van der Waals surface area contributed by atoms with Crippen molar-refractivity contribution in [2.24, 2.45) is 0 Å². The van der Waals surface area contributed by atoms with E-state index >= 15 is 0 Å². The van der Waals surface area contributed by atoms with E-state index in [1.807, 2.05) is 24.3 Å². The number of nitrogens with zero attached hydrogens (tertiary/aromatic N) is 1. The molecule has 20 heavy (non-hydrogen) atoms. The zero-order chi connectivity index (χ0) is 14.8. The predicted molar refractivity (Wildman–Crippen MR) is 77.1 cm³/mol. The van der Waals surface area contributed by atoms with E-state index < -0.39 is 5.97 Å². The molecule has 1 rings (SSSR count). The van der Waals surface area contributed by atoms with Gasteiger partial charge in [0.15, 0.2) is 0 Å². The van der Waals surface area contributed by atoms with E-state index in [9.17, 15) is 4.79 Å². The van der Waals surface area contributed by atoms with Crippen molar-refractivity contribution in [1.82, 2.24) is 0 Å². The molecule has 0 heterocycles.